The van der Waals surface area contributed by atoms with E-state index in [-0.39, 0.29) is 16.9 Å². The molecule has 0 saturated carbocycles. The minimum atomic E-state index is -0.215. The lowest BCUT2D eigenvalue weighted by atomic mass is 10.0. The van der Waals surface area contributed by atoms with Crippen molar-refractivity contribution in [2.45, 2.75) is 52.6 Å². The second-order valence-corrected chi connectivity index (χ2v) is 9.02. The van der Waals surface area contributed by atoms with Crippen LogP contribution in [0.25, 0.3) is 22.1 Å². The summed E-state index contributed by atoms with van der Waals surface area (Å²) >= 11 is 0. The molecule has 144 valence electrons. The van der Waals surface area contributed by atoms with E-state index in [2.05, 4.69) is 61.5 Å². The van der Waals surface area contributed by atoms with Crippen LogP contribution in [0.1, 0.15) is 57.5 Å². The summed E-state index contributed by atoms with van der Waals surface area (Å²) in [5, 5.41) is 1.49. The molecule has 0 bridgehead atoms. The lowest BCUT2D eigenvalue weighted by Crippen LogP contribution is -2.21. The molecule has 0 saturated heterocycles. The van der Waals surface area contributed by atoms with E-state index in [1.165, 1.54) is 12.7 Å². The predicted molar refractivity (Wildman–Crippen MR) is 108 cm³/mol. The van der Waals surface area contributed by atoms with Crippen LogP contribution in [0.3, 0.4) is 0 Å². The van der Waals surface area contributed by atoms with Gasteiger partial charge in [0.25, 0.3) is 0 Å². The fourth-order valence-corrected chi connectivity index (χ4v) is 3.46. The number of carbonyl (C=O) groups excluding carboxylic acids is 1. The Morgan fingerprint density at radius 3 is 1.50 bits per heavy atom. The number of fused-ring (bicyclic) bond motifs is 2. The molecule has 7 heteroatoms. The molecular weight excluding hydrogens is 352 g/mol. The van der Waals surface area contributed by atoms with Crippen LogP contribution in [0.5, 0.6) is 0 Å². The normalized spacial score (nSPS) is 12.8. The van der Waals surface area contributed by atoms with Gasteiger partial charge in [0, 0.05) is 46.6 Å². The molecular formula is C21H24N6O. The second-order valence-electron chi connectivity index (χ2n) is 9.02. The highest BCUT2D eigenvalue weighted by Crippen LogP contribution is 2.31. The van der Waals surface area contributed by atoms with Gasteiger partial charge in [0.15, 0.2) is 5.78 Å². The number of carbonyl (C=O) groups is 1. The van der Waals surface area contributed by atoms with Crippen LogP contribution in [-0.4, -0.2) is 34.9 Å². The summed E-state index contributed by atoms with van der Waals surface area (Å²) in [5.74, 6) is -0.0781. The van der Waals surface area contributed by atoms with Gasteiger partial charge in [-0.25, -0.2) is 19.9 Å². The highest BCUT2D eigenvalue weighted by molar-refractivity contribution is 6.20. The maximum absolute atomic E-state index is 13.6. The highest BCUT2D eigenvalue weighted by atomic mass is 16.1. The van der Waals surface area contributed by atoms with Crippen LogP contribution in [-0.2, 0) is 11.1 Å². The van der Waals surface area contributed by atoms with E-state index < -0.39 is 0 Å². The molecule has 0 spiro atoms. The zero-order valence-electron chi connectivity index (χ0n) is 17.1. The van der Waals surface area contributed by atoms with Gasteiger partial charge in [0.2, 0.25) is 0 Å². The monoisotopic (exact) mass is 376 g/mol. The van der Waals surface area contributed by atoms with E-state index in [9.17, 15) is 4.79 Å². The first-order valence-corrected chi connectivity index (χ1v) is 9.27. The molecule has 4 rings (SSSR count). The Labute approximate surface area is 163 Å². The van der Waals surface area contributed by atoms with Crippen LogP contribution >= 0.6 is 0 Å². The SMILES string of the molecule is CC(C)(C)n1cc(C(=O)c2cn(C(C)(C)C)c3ncncc23)c2cncnc21. The smallest absolute Gasteiger partial charge is 0.197 e. The lowest BCUT2D eigenvalue weighted by molar-refractivity contribution is 0.104. The number of nitrogens with zero attached hydrogens (tertiary/aromatic N) is 6. The van der Waals surface area contributed by atoms with Crippen molar-refractivity contribution >= 4 is 27.9 Å². The molecule has 0 fully saturated rings. The standard InChI is InChI=1S/C21H24N6O/c1-20(2,3)26-9-15(13-7-22-11-24-18(13)26)17(28)16-10-27(21(4,5)6)19-14(16)8-23-12-25-19/h7-12H,1-6H3. The molecule has 4 aromatic heterocycles. The number of ketones is 1. The van der Waals surface area contributed by atoms with Crippen LogP contribution < -0.4 is 0 Å². The van der Waals surface area contributed by atoms with Crippen molar-refractivity contribution in [1.82, 2.24) is 29.1 Å². The molecule has 0 aliphatic rings. The Morgan fingerprint density at radius 1 is 0.750 bits per heavy atom. The van der Waals surface area contributed by atoms with E-state index in [1.807, 2.05) is 21.5 Å². The minimum Gasteiger partial charge on any atom is -0.326 e. The van der Waals surface area contributed by atoms with Crippen molar-refractivity contribution in [3.63, 3.8) is 0 Å². The van der Waals surface area contributed by atoms with E-state index in [0.717, 1.165) is 22.1 Å². The second kappa shape index (κ2) is 5.95. The van der Waals surface area contributed by atoms with Crippen LogP contribution in [0.4, 0.5) is 0 Å². The van der Waals surface area contributed by atoms with Gasteiger partial charge in [-0.05, 0) is 41.5 Å². The van der Waals surface area contributed by atoms with Crippen molar-refractivity contribution in [3.05, 3.63) is 48.6 Å². The predicted octanol–water partition coefficient (Wildman–Crippen LogP) is 3.92. The zero-order chi connectivity index (χ0) is 20.3. The lowest BCUT2D eigenvalue weighted by Gasteiger charge is -2.21. The van der Waals surface area contributed by atoms with Gasteiger partial charge in [-0.3, -0.25) is 4.79 Å². The van der Waals surface area contributed by atoms with Gasteiger partial charge in [0.05, 0.1) is 11.1 Å². The maximum atomic E-state index is 13.6. The van der Waals surface area contributed by atoms with Gasteiger partial charge in [-0.15, -0.1) is 0 Å². The summed E-state index contributed by atoms with van der Waals surface area (Å²) in [4.78, 5) is 30.7. The summed E-state index contributed by atoms with van der Waals surface area (Å²) in [6.07, 6.45) is 10.2. The quantitative estimate of drug-likeness (QED) is 0.496. The Bertz CT molecular complexity index is 1110. The number of aromatic nitrogens is 6. The number of hydrogen-bond acceptors (Lipinski definition) is 5. The molecule has 0 aliphatic heterocycles. The molecule has 0 amide bonds. The summed E-state index contributed by atoms with van der Waals surface area (Å²) in [6, 6.07) is 0. The molecule has 4 heterocycles. The average Bonchev–Trinajstić information content (AvgIpc) is 3.20. The molecule has 0 aromatic carbocycles. The van der Waals surface area contributed by atoms with Crippen molar-refractivity contribution in [1.29, 1.82) is 0 Å². The van der Waals surface area contributed by atoms with Crippen LogP contribution in [0, 0.1) is 0 Å². The van der Waals surface area contributed by atoms with E-state index in [1.54, 1.807) is 12.4 Å². The van der Waals surface area contributed by atoms with E-state index in [4.69, 9.17) is 0 Å². The van der Waals surface area contributed by atoms with Gasteiger partial charge in [0.1, 0.15) is 23.9 Å². The summed E-state index contributed by atoms with van der Waals surface area (Å²) in [5.41, 5.74) is 2.24. The Hall–Kier alpha value is -3.09. The first-order valence-electron chi connectivity index (χ1n) is 9.27. The first kappa shape index (κ1) is 18.3. The molecule has 0 atom stereocenters. The minimum absolute atomic E-state index is 0.0781. The fourth-order valence-electron chi connectivity index (χ4n) is 3.46. The fraction of sp³-hybridized carbons (Fsp3) is 0.381. The molecule has 0 aliphatic carbocycles. The largest absolute Gasteiger partial charge is 0.326 e. The van der Waals surface area contributed by atoms with Gasteiger partial charge >= 0.3 is 0 Å². The summed E-state index contributed by atoms with van der Waals surface area (Å²) in [7, 11) is 0. The van der Waals surface area contributed by atoms with Crippen molar-refractivity contribution in [3.8, 4) is 0 Å². The van der Waals surface area contributed by atoms with E-state index in [0.29, 0.717) is 11.1 Å². The van der Waals surface area contributed by atoms with Crippen LogP contribution in [0.15, 0.2) is 37.4 Å². The number of hydrogen-bond donors (Lipinski definition) is 0. The Kier molecular flexibility index (Phi) is 3.89. The van der Waals surface area contributed by atoms with E-state index >= 15 is 0 Å². The molecule has 0 unspecified atom stereocenters. The third kappa shape index (κ3) is 2.78. The summed E-state index contributed by atoms with van der Waals surface area (Å²) < 4.78 is 4.05. The molecule has 4 aromatic rings. The van der Waals surface area contributed by atoms with Gasteiger partial charge in [-0.2, -0.15) is 0 Å². The third-order valence-corrected chi connectivity index (χ3v) is 4.87. The Morgan fingerprint density at radius 2 is 1.14 bits per heavy atom. The van der Waals surface area contributed by atoms with Crippen LogP contribution in [0.2, 0.25) is 0 Å². The summed E-state index contributed by atoms with van der Waals surface area (Å²) in [6.45, 7) is 12.5. The van der Waals surface area contributed by atoms with Crippen molar-refractivity contribution in [2.24, 2.45) is 0 Å². The molecule has 28 heavy (non-hydrogen) atoms. The molecule has 0 radical (unpaired) electrons. The maximum Gasteiger partial charge on any atom is 0.197 e. The Balaban J connectivity index is 1.97. The van der Waals surface area contributed by atoms with Crippen molar-refractivity contribution in [2.75, 3.05) is 0 Å². The third-order valence-electron chi connectivity index (χ3n) is 4.87. The molecule has 7 nitrogen and oxygen atoms in total. The highest BCUT2D eigenvalue weighted by Gasteiger charge is 2.27. The topological polar surface area (TPSA) is 78.5 Å². The average molecular weight is 376 g/mol. The molecule has 0 N–H and O–H groups in total. The van der Waals surface area contributed by atoms with Gasteiger partial charge < -0.3 is 9.13 Å². The first-order chi connectivity index (χ1) is 13.1. The van der Waals surface area contributed by atoms with Crippen molar-refractivity contribution < 1.29 is 4.79 Å². The zero-order valence-corrected chi connectivity index (χ0v) is 17.1. The number of rotatable bonds is 2. The van der Waals surface area contributed by atoms with Gasteiger partial charge in [-0.1, -0.05) is 0 Å².